The second-order valence-corrected chi connectivity index (χ2v) is 5.65. The van der Waals surface area contributed by atoms with Crippen molar-refractivity contribution in [1.29, 1.82) is 0 Å². The van der Waals surface area contributed by atoms with Crippen molar-refractivity contribution in [2.45, 2.75) is 26.2 Å². The molecule has 1 aliphatic heterocycles. The van der Waals surface area contributed by atoms with Gasteiger partial charge in [-0.2, -0.15) is 0 Å². The van der Waals surface area contributed by atoms with Crippen LogP contribution >= 0.6 is 0 Å². The Bertz CT molecular complexity index is 589. The minimum absolute atomic E-state index is 0.0681. The number of nitrogens with one attached hydrogen (secondary N) is 2. The number of rotatable bonds is 4. The maximum Gasteiger partial charge on any atom is 0.224 e. The predicted molar refractivity (Wildman–Crippen MR) is 84.3 cm³/mol. The molecule has 1 amide bonds. The predicted octanol–water partition coefficient (Wildman–Crippen LogP) is 2.31. The van der Waals surface area contributed by atoms with Gasteiger partial charge in [0.1, 0.15) is 0 Å². The van der Waals surface area contributed by atoms with Crippen molar-refractivity contribution in [2.24, 2.45) is 5.92 Å². The lowest BCUT2D eigenvalue weighted by Gasteiger charge is -2.31. The van der Waals surface area contributed by atoms with Crippen LogP contribution in [0.15, 0.2) is 24.3 Å². The number of carbonyl (C=O) groups excluding carboxylic acids is 1. The minimum atomic E-state index is 0.0681. The van der Waals surface area contributed by atoms with Crippen molar-refractivity contribution in [3.63, 3.8) is 0 Å². The van der Waals surface area contributed by atoms with Gasteiger partial charge < -0.3 is 15.2 Å². The Morgan fingerprint density at radius 1 is 1.48 bits per heavy atom. The zero-order chi connectivity index (χ0) is 14.7. The van der Waals surface area contributed by atoms with Gasteiger partial charge in [0.05, 0.1) is 17.0 Å². The molecule has 1 unspecified atom stereocenters. The molecule has 21 heavy (non-hydrogen) atoms. The fourth-order valence-corrected chi connectivity index (χ4v) is 2.87. The summed E-state index contributed by atoms with van der Waals surface area (Å²) in [5.74, 6) is 1.13. The summed E-state index contributed by atoms with van der Waals surface area (Å²) in [5, 5.41) is 3.00. The second-order valence-electron chi connectivity index (χ2n) is 5.65. The Labute approximate surface area is 124 Å². The number of aromatic nitrogens is 2. The van der Waals surface area contributed by atoms with Crippen molar-refractivity contribution in [3.05, 3.63) is 24.3 Å². The van der Waals surface area contributed by atoms with Crippen LogP contribution in [0.2, 0.25) is 0 Å². The molecule has 0 spiro atoms. The molecule has 2 aromatic rings. The number of fused-ring (bicyclic) bond motifs is 1. The fourth-order valence-electron chi connectivity index (χ4n) is 2.87. The third-order valence-electron chi connectivity index (χ3n) is 4.02. The molecule has 0 radical (unpaired) electrons. The first-order valence-corrected chi connectivity index (χ1v) is 7.75. The standard InChI is InChI=1S/C16H22N4O/c1-2-9-17-15(21)12-6-5-10-20(11-12)16-18-13-7-3-4-8-14(13)19-16/h3-4,7-8,12H,2,5-6,9-11H2,1H3,(H,17,21)(H,18,19). The fraction of sp³-hybridized carbons (Fsp3) is 0.500. The Hall–Kier alpha value is -2.04. The van der Waals surface area contributed by atoms with E-state index in [4.69, 9.17) is 0 Å². The summed E-state index contributed by atoms with van der Waals surface area (Å²) in [6, 6.07) is 8.03. The van der Waals surface area contributed by atoms with E-state index >= 15 is 0 Å². The van der Waals surface area contributed by atoms with E-state index in [9.17, 15) is 4.79 Å². The first-order chi connectivity index (χ1) is 10.3. The number of hydrogen-bond acceptors (Lipinski definition) is 3. The summed E-state index contributed by atoms with van der Waals surface area (Å²) < 4.78 is 0. The summed E-state index contributed by atoms with van der Waals surface area (Å²) in [6.45, 7) is 4.54. The topological polar surface area (TPSA) is 61.0 Å². The molecule has 1 aromatic heterocycles. The average Bonchev–Trinajstić information content (AvgIpc) is 2.97. The van der Waals surface area contributed by atoms with Crippen LogP contribution in [0.3, 0.4) is 0 Å². The van der Waals surface area contributed by atoms with Crippen LogP contribution in [0.4, 0.5) is 5.95 Å². The number of piperidine rings is 1. The molecule has 5 heteroatoms. The van der Waals surface area contributed by atoms with Gasteiger partial charge in [0, 0.05) is 19.6 Å². The summed E-state index contributed by atoms with van der Waals surface area (Å²) in [5.41, 5.74) is 2.02. The Balaban J connectivity index is 1.72. The van der Waals surface area contributed by atoms with Crippen molar-refractivity contribution >= 4 is 22.9 Å². The quantitative estimate of drug-likeness (QED) is 0.906. The lowest BCUT2D eigenvalue weighted by Crippen LogP contribution is -2.43. The molecule has 1 aliphatic rings. The van der Waals surface area contributed by atoms with Gasteiger partial charge in [0.15, 0.2) is 0 Å². The summed E-state index contributed by atoms with van der Waals surface area (Å²) >= 11 is 0. The maximum atomic E-state index is 12.1. The molecule has 2 heterocycles. The molecule has 112 valence electrons. The number of aromatic amines is 1. The Morgan fingerprint density at radius 3 is 3.14 bits per heavy atom. The summed E-state index contributed by atoms with van der Waals surface area (Å²) in [7, 11) is 0. The molecule has 3 rings (SSSR count). The number of para-hydroxylation sites is 2. The van der Waals surface area contributed by atoms with Gasteiger partial charge in [-0.1, -0.05) is 19.1 Å². The third-order valence-corrected chi connectivity index (χ3v) is 4.02. The highest BCUT2D eigenvalue weighted by Gasteiger charge is 2.26. The molecule has 0 saturated carbocycles. The number of H-pyrrole nitrogens is 1. The van der Waals surface area contributed by atoms with Crippen LogP contribution in [0.1, 0.15) is 26.2 Å². The van der Waals surface area contributed by atoms with Gasteiger partial charge in [-0.3, -0.25) is 4.79 Å². The first-order valence-electron chi connectivity index (χ1n) is 7.75. The number of nitrogens with zero attached hydrogens (tertiary/aromatic N) is 2. The van der Waals surface area contributed by atoms with Crippen LogP contribution in [0, 0.1) is 5.92 Å². The summed E-state index contributed by atoms with van der Waals surface area (Å²) in [6.07, 6.45) is 2.97. The van der Waals surface area contributed by atoms with Crippen molar-refractivity contribution in [3.8, 4) is 0 Å². The molecule has 5 nitrogen and oxygen atoms in total. The minimum Gasteiger partial charge on any atom is -0.356 e. The Kier molecular flexibility index (Phi) is 4.08. The maximum absolute atomic E-state index is 12.1. The molecule has 1 aromatic carbocycles. The average molecular weight is 286 g/mol. The largest absolute Gasteiger partial charge is 0.356 e. The molecular weight excluding hydrogens is 264 g/mol. The third kappa shape index (κ3) is 3.01. The molecule has 1 saturated heterocycles. The molecular formula is C16H22N4O. The van der Waals surface area contributed by atoms with Crippen LogP contribution in [0.5, 0.6) is 0 Å². The van der Waals surface area contributed by atoms with Gasteiger partial charge in [-0.05, 0) is 31.4 Å². The SMILES string of the molecule is CCCNC(=O)C1CCCN(c2nc3ccccc3[nH]2)C1. The highest BCUT2D eigenvalue weighted by Crippen LogP contribution is 2.23. The normalized spacial score (nSPS) is 18.9. The van der Waals surface area contributed by atoms with Gasteiger partial charge in [-0.25, -0.2) is 4.98 Å². The zero-order valence-electron chi connectivity index (χ0n) is 12.4. The lowest BCUT2D eigenvalue weighted by atomic mass is 9.97. The number of imidazole rings is 1. The van der Waals surface area contributed by atoms with E-state index in [-0.39, 0.29) is 11.8 Å². The van der Waals surface area contributed by atoms with Crippen molar-refractivity contribution in [1.82, 2.24) is 15.3 Å². The Morgan fingerprint density at radius 2 is 2.33 bits per heavy atom. The lowest BCUT2D eigenvalue weighted by molar-refractivity contribution is -0.125. The van der Waals surface area contributed by atoms with Crippen LogP contribution in [0.25, 0.3) is 11.0 Å². The highest BCUT2D eigenvalue weighted by atomic mass is 16.1. The first kappa shape index (κ1) is 13.9. The number of anilines is 1. The highest BCUT2D eigenvalue weighted by molar-refractivity contribution is 5.80. The van der Waals surface area contributed by atoms with E-state index in [1.165, 1.54) is 0 Å². The monoisotopic (exact) mass is 286 g/mol. The molecule has 0 bridgehead atoms. The van der Waals surface area contributed by atoms with Gasteiger partial charge >= 0.3 is 0 Å². The van der Waals surface area contributed by atoms with Gasteiger partial charge in [0.2, 0.25) is 11.9 Å². The van der Waals surface area contributed by atoms with Crippen molar-refractivity contribution in [2.75, 3.05) is 24.5 Å². The smallest absolute Gasteiger partial charge is 0.224 e. The van der Waals surface area contributed by atoms with E-state index < -0.39 is 0 Å². The zero-order valence-corrected chi connectivity index (χ0v) is 12.4. The van der Waals surface area contributed by atoms with E-state index in [2.05, 4.69) is 27.1 Å². The van der Waals surface area contributed by atoms with E-state index in [0.29, 0.717) is 0 Å². The van der Waals surface area contributed by atoms with Crippen LogP contribution in [-0.2, 0) is 4.79 Å². The van der Waals surface area contributed by atoms with Gasteiger partial charge in [-0.15, -0.1) is 0 Å². The number of benzene rings is 1. The van der Waals surface area contributed by atoms with E-state index in [0.717, 1.165) is 55.9 Å². The van der Waals surface area contributed by atoms with E-state index in [1.807, 2.05) is 24.3 Å². The molecule has 0 aliphatic carbocycles. The number of amides is 1. The second kappa shape index (κ2) is 6.16. The van der Waals surface area contributed by atoms with Crippen molar-refractivity contribution < 1.29 is 4.79 Å². The number of hydrogen-bond donors (Lipinski definition) is 2. The van der Waals surface area contributed by atoms with Crippen LogP contribution in [-0.4, -0.2) is 35.5 Å². The molecule has 2 N–H and O–H groups in total. The summed E-state index contributed by atoms with van der Waals surface area (Å²) in [4.78, 5) is 22.3. The van der Waals surface area contributed by atoms with Gasteiger partial charge in [0.25, 0.3) is 0 Å². The molecule has 1 atom stereocenters. The number of carbonyl (C=O) groups is 1. The van der Waals surface area contributed by atoms with Crippen LogP contribution < -0.4 is 10.2 Å². The molecule has 1 fully saturated rings. The van der Waals surface area contributed by atoms with E-state index in [1.54, 1.807) is 0 Å².